The number of hydrogen-bond acceptors (Lipinski definition) is 3. The van der Waals surface area contributed by atoms with E-state index in [9.17, 15) is 0 Å². The van der Waals surface area contributed by atoms with Gasteiger partial charge in [-0.15, -0.1) is 0 Å². The van der Waals surface area contributed by atoms with Gasteiger partial charge in [0.1, 0.15) is 0 Å². The minimum Gasteiger partial charge on any atom is -0.396 e. The van der Waals surface area contributed by atoms with E-state index in [-0.39, 0.29) is 12.0 Å². The molecule has 0 aliphatic carbocycles. The van der Waals surface area contributed by atoms with Crippen LogP contribution in [0.25, 0.3) is 0 Å². The van der Waals surface area contributed by atoms with E-state index in [0.29, 0.717) is 19.3 Å². The van der Waals surface area contributed by atoms with Gasteiger partial charge in [0.15, 0.2) is 0 Å². The molecule has 1 N–H and O–H groups in total. The van der Waals surface area contributed by atoms with Crippen LogP contribution in [0.2, 0.25) is 0 Å². The molecule has 1 unspecified atom stereocenters. The van der Waals surface area contributed by atoms with Crippen molar-refractivity contribution < 1.29 is 9.84 Å². The molecule has 1 atom stereocenters. The molecule has 1 rings (SSSR count). The molecule has 0 bridgehead atoms. The molecule has 1 aromatic rings. The SMILES string of the molecule is CCC(C)n1ccc(COCC(C)(C)CO)n1. The Balaban J connectivity index is 2.40. The third-order valence-corrected chi connectivity index (χ3v) is 2.88. The Bertz CT molecular complexity index is 334. The quantitative estimate of drug-likeness (QED) is 0.796. The zero-order valence-corrected chi connectivity index (χ0v) is 11.3. The molecule has 0 saturated carbocycles. The summed E-state index contributed by atoms with van der Waals surface area (Å²) in [6, 6.07) is 2.41. The third kappa shape index (κ3) is 4.48. The number of nitrogens with zero attached hydrogens (tertiary/aromatic N) is 2. The Morgan fingerprint density at radius 3 is 2.82 bits per heavy atom. The molecule has 0 spiro atoms. The molecule has 0 radical (unpaired) electrons. The lowest BCUT2D eigenvalue weighted by Gasteiger charge is -2.20. The lowest BCUT2D eigenvalue weighted by Crippen LogP contribution is -2.23. The summed E-state index contributed by atoms with van der Waals surface area (Å²) in [4.78, 5) is 0. The van der Waals surface area contributed by atoms with Crippen LogP contribution in [0.4, 0.5) is 0 Å². The molecule has 0 aliphatic heterocycles. The number of aliphatic hydroxyl groups excluding tert-OH is 1. The average molecular weight is 240 g/mol. The Labute approximate surface area is 104 Å². The highest BCUT2D eigenvalue weighted by Gasteiger charge is 2.16. The van der Waals surface area contributed by atoms with Crippen LogP contribution in [0.5, 0.6) is 0 Å². The van der Waals surface area contributed by atoms with E-state index in [2.05, 4.69) is 18.9 Å². The van der Waals surface area contributed by atoms with Gasteiger partial charge in [-0.2, -0.15) is 5.10 Å². The molecule has 4 heteroatoms. The van der Waals surface area contributed by atoms with E-state index in [1.807, 2.05) is 30.8 Å². The maximum Gasteiger partial charge on any atom is 0.0906 e. The maximum atomic E-state index is 9.10. The van der Waals surface area contributed by atoms with Crippen molar-refractivity contribution in [2.75, 3.05) is 13.2 Å². The molecule has 0 saturated heterocycles. The lowest BCUT2D eigenvalue weighted by molar-refractivity contribution is 0.0184. The van der Waals surface area contributed by atoms with Crippen LogP contribution in [-0.2, 0) is 11.3 Å². The highest BCUT2D eigenvalue weighted by Crippen LogP contribution is 2.15. The summed E-state index contributed by atoms with van der Waals surface area (Å²) >= 11 is 0. The van der Waals surface area contributed by atoms with Crippen LogP contribution in [-0.4, -0.2) is 28.1 Å². The van der Waals surface area contributed by atoms with Crippen LogP contribution in [0.1, 0.15) is 45.9 Å². The Hall–Kier alpha value is -0.870. The van der Waals surface area contributed by atoms with Crippen molar-refractivity contribution in [2.24, 2.45) is 5.41 Å². The highest BCUT2D eigenvalue weighted by molar-refractivity contribution is 4.97. The van der Waals surface area contributed by atoms with E-state index in [0.717, 1.165) is 12.1 Å². The van der Waals surface area contributed by atoms with Gasteiger partial charge in [-0.3, -0.25) is 4.68 Å². The van der Waals surface area contributed by atoms with E-state index in [1.165, 1.54) is 0 Å². The minimum absolute atomic E-state index is 0.133. The number of aromatic nitrogens is 2. The van der Waals surface area contributed by atoms with Crippen molar-refractivity contribution in [1.29, 1.82) is 0 Å². The van der Waals surface area contributed by atoms with Gasteiger partial charge in [0.2, 0.25) is 0 Å². The summed E-state index contributed by atoms with van der Waals surface area (Å²) < 4.78 is 7.53. The molecule has 0 fully saturated rings. The molecule has 1 aromatic heterocycles. The van der Waals surface area contributed by atoms with Crippen molar-refractivity contribution in [3.8, 4) is 0 Å². The summed E-state index contributed by atoms with van der Waals surface area (Å²) in [5.74, 6) is 0. The topological polar surface area (TPSA) is 47.3 Å². The van der Waals surface area contributed by atoms with Crippen LogP contribution < -0.4 is 0 Å². The number of rotatable bonds is 7. The maximum absolute atomic E-state index is 9.10. The fourth-order valence-corrected chi connectivity index (χ4v) is 1.36. The standard InChI is InChI=1S/C13H24N2O2/c1-5-11(2)15-7-6-12(14-15)8-17-10-13(3,4)9-16/h6-7,11,16H,5,8-10H2,1-4H3. The van der Waals surface area contributed by atoms with Gasteiger partial charge in [0.05, 0.1) is 25.5 Å². The summed E-state index contributed by atoms with van der Waals surface area (Å²) in [5.41, 5.74) is 0.762. The number of ether oxygens (including phenoxy) is 1. The normalized spacial score (nSPS) is 13.9. The molecule has 98 valence electrons. The van der Waals surface area contributed by atoms with Crippen LogP contribution in [0.15, 0.2) is 12.3 Å². The zero-order valence-electron chi connectivity index (χ0n) is 11.3. The van der Waals surface area contributed by atoms with Gasteiger partial charge in [0.25, 0.3) is 0 Å². The van der Waals surface area contributed by atoms with Gasteiger partial charge in [-0.05, 0) is 19.4 Å². The van der Waals surface area contributed by atoms with E-state index >= 15 is 0 Å². The van der Waals surface area contributed by atoms with Gasteiger partial charge in [-0.25, -0.2) is 0 Å². The Kier molecular flexibility index (Phi) is 5.15. The Morgan fingerprint density at radius 1 is 1.53 bits per heavy atom. The van der Waals surface area contributed by atoms with Crippen molar-refractivity contribution in [3.05, 3.63) is 18.0 Å². The minimum atomic E-state index is -0.181. The summed E-state index contributed by atoms with van der Waals surface area (Å²) in [7, 11) is 0. The molecular formula is C13H24N2O2. The summed E-state index contributed by atoms with van der Waals surface area (Å²) in [5, 5.41) is 13.6. The predicted octanol–water partition coefficient (Wildman–Crippen LogP) is 2.39. The lowest BCUT2D eigenvalue weighted by atomic mass is 9.97. The summed E-state index contributed by atoms with van der Waals surface area (Å²) in [6.45, 7) is 9.43. The first-order valence-electron chi connectivity index (χ1n) is 6.21. The molecular weight excluding hydrogens is 216 g/mol. The zero-order chi connectivity index (χ0) is 12.9. The van der Waals surface area contributed by atoms with Gasteiger partial charge < -0.3 is 9.84 Å². The van der Waals surface area contributed by atoms with Crippen LogP contribution in [0.3, 0.4) is 0 Å². The predicted molar refractivity (Wildman–Crippen MR) is 67.8 cm³/mol. The second kappa shape index (κ2) is 6.17. The molecule has 0 amide bonds. The third-order valence-electron chi connectivity index (χ3n) is 2.88. The Morgan fingerprint density at radius 2 is 2.24 bits per heavy atom. The smallest absolute Gasteiger partial charge is 0.0906 e. The monoisotopic (exact) mass is 240 g/mol. The molecule has 1 heterocycles. The van der Waals surface area contributed by atoms with E-state index in [4.69, 9.17) is 9.84 Å². The number of aliphatic hydroxyl groups is 1. The summed E-state index contributed by atoms with van der Waals surface area (Å²) in [6.07, 6.45) is 3.06. The fraction of sp³-hybridized carbons (Fsp3) is 0.769. The van der Waals surface area contributed by atoms with Crippen molar-refractivity contribution in [2.45, 2.75) is 46.8 Å². The largest absolute Gasteiger partial charge is 0.396 e. The van der Waals surface area contributed by atoms with E-state index in [1.54, 1.807) is 0 Å². The van der Waals surface area contributed by atoms with Crippen molar-refractivity contribution >= 4 is 0 Å². The van der Waals surface area contributed by atoms with Crippen molar-refractivity contribution in [3.63, 3.8) is 0 Å². The average Bonchev–Trinajstić information content (AvgIpc) is 2.76. The first kappa shape index (κ1) is 14.2. The van der Waals surface area contributed by atoms with Gasteiger partial charge in [0, 0.05) is 17.7 Å². The molecule has 4 nitrogen and oxygen atoms in total. The first-order valence-corrected chi connectivity index (χ1v) is 6.21. The van der Waals surface area contributed by atoms with Crippen LogP contribution in [0, 0.1) is 5.41 Å². The van der Waals surface area contributed by atoms with Crippen molar-refractivity contribution in [1.82, 2.24) is 9.78 Å². The fourth-order valence-electron chi connectivity index (χ4n) is 1.36. The first-order chi connectivity index (χ1) is 7.98. The second-order valence-corrected chi connectivity index (χ2v) is 5.36. The molecule has 0 aromatic carbocycles. The molecule has 0 aliphatic rings. The highest BCUT2D eigenvalue weighted by atomic mass is 16.5. The van der Waals surface area contributed by atoms with E-state index < -0.39 is 0 Å². The van der Waals surface area contributed by atoms with Crippen LogP contribution >= 0.6 is 0 Å². The van der Waals surface area contributed by atoms with Gasteiger partial charge in [-0.1, -0.05) is 20.8 Å². The second-order valence-electron chi connectivity index (χ2n) is 5.36. The number of hydrogen-bond donors (Lipinski definition) is 1. The van der Waals surface area contributed by atoms with Gasteiger partial charge >= 0.3 is 0 Å². The molecule has 17 heavy (non-hydrogen) atoms.